The predicted octanol–water partition coefficient (Wildman–Crippen LogP) is 2.60. The Labute approximate surface area is 190 Å². The van der Waals surface area contributed by atoms with Crippen LogP contribution in [-0.4, -0.2) is 71.4 Å². The Morgan fingerprint density at radius 3 is 2.22 bits per heavy atom. The fraction of sp³-hybridized carbons (Fsp3) is 0.667. The molecule has 1 aromatic carbocycles. The van der Waals surface area contributed by atoms with Crippen molar-refractivity contribution < 1.29 is 28.5 Å². The van der Waals surface area contributed by atoms with E-state index in [1.54, 1.807) is 28.4 Å². The quantitative estimate of drug-likeness (QED) is 0.554. The van der Waals surface area contributed by atoms with Gasteiger partial charge in [-0.2, -0.15) is 0 Å². The fourth-order valence-electron chi connectivity index (χ4n) is 4.89. The molecule has 2 fully saturated rings. The van der Waals surface area contributed by atoms with Crippen LogP contribution < -0.4 is 19.5 Å². The maximum Gasteiger partial charge on any atom is 0.225 e. The first kappa shape index (κ1) is 24.2. The monoisotopic (exact) mass is 448 g/mol. The minimum absolute atomic E-state index is 0.0402. The second kappa shape index (κ2) is 11.4. The van der Waals surface area contributed by atoms with Gasteiger partial charge in [0, 0.05) is 45.2 Å². The number of ether oxygens (including phenoxy) is 4. The van der Waals surface area contributed by atoms with Gasteiger partial charge < -0.3 is 29.2 Å². The zero-order chi connectivity index (χ0) is 23.1. The highest BCUT2D eigenvalue weighted by Crippen LogP contribution is 2.43. The maximum atomic E-state index is 13.1. The van der Waals surface area contributed by atoms with Crippen LogP contribution in [-0.2, 0) is 14.3 Å². The van der Waals surface area contributed by atoms with E-state index in [0.29, 0.717) is 43.5 Å². The third-order valence-corrected chi connectivity index (χ3v) is 6.61. The molecular formula is C24H36N2O6. The van der Waals surface area contributed by atoms with Crippen LogP contribution in [0, 0.1) is 11.8 Å². The highest BCUT2D eigenvalue weighted by molar-refractivity contribution is 5.84. The molecule has 1 saturated carbocycles. The van der Waals surface area contributed by atoms with E-state index in [4.69, 9.17) is 18.9 Å². The zero-order valence-electron chi connectivity index (χ0n) is 19.6. The number of likely N-dealkylation sites (tertiary alicyclic amines) is 1. The molecule has 2 atom stereocenters. The molecule has 32 heavy (non-hydrogen) atoms. The lowest BCUT2D eigenvalue weighted by Gasteiger charge is -2.21. The number of rotatable bonds is 10. The molecule has 8 nitrogen and oxygen atoms in total. The Morgan fingerprint density at radius 1 is 1.00 bits per heavy atom. The molecule has 0 radical (unpaired) electrons. The molecule has 0 aromatic heterocycles. The normalized spacial score (nSPS) is 20.9. The Hall–Kier alpha value is -2.48. The van der Waals surface area contributed by atoms with Crippen LogP contribution in [0.3, 0.4) is 0 Å². The first-order chi connectivity index (χ1) is 15.5. The topological polar surface area (TPSA) is 86.3 Å². The summed E-state index contributed by atoms with van der Waals surface area (Å²) in [6.07, 6.45) is 4.83. The highest BCUT2D eigenvalue weighted by Gasteiger charge is 2.42. The molecule has 1 N–H and O–H groups in total. The summed E-state index contributed by atoms with van der Waals surface area (Å²) in [5.41, 5.74) is 0.901. The van der Waals surface area contributed by atoms with E-state index in [1.165, 1.54) is 0 Å². The van der Waals surface area contributed by atoms with Gasteiger partial charge in [0.05, 0.1) is 27.2 Å². The Balaban J connectivity index is 1.87. The number of nitrogens with one attached hydrogen (secondary N) is 1. The number of amides is 2. The van der Waals surface area contributed by atoms with Crippen LogP contribution in [0.15, 0.2) is 12.1 Å². The maximum absolute atomic E-state index is 13.1. The van der Waals surface area contributed by atoms with Crippen LogP contribution >= 0.6 is 0 Å². The van der Waals surface area contributed by atoms with E-state index in [9.17, 15) is 9.59 Å². The van der Waals surface area contributed by atoms with E-state index < -0.39 is 0 Å². The van der Waals surface area contributed by atoms with Gasteiger partial charge in [-0.15, -0.1) is 0 Å². The van der Waals surface area contributed by atoms with Gasteiger partial charge in [0.2, 0.25) is 17.6 Å². The molecule has 2 amide bonds. The van der Waals surface area contributed by atoms with Gasteiger partial charge >= 0.3 is 0 Å². The van der Waals surface area contributed by atoms with Crippen LogP contribution in [0.25, 0.3) is 0 Å². The van der Waals surface area contributed by atoms with Crippen molar-refractivity contribution in [3.8, 4) is 17.2 Å². The Kier molecular flexibility index (Phi) is 8.61. The van der Waals surface area contributed by atoms with Crippen molar-refractivity contribution in [1.82, 2.24) is 10.2 Å². The Morgan fingerprint density at radius 2 is 1.66 bits per heavy atom. The average molecular weight is 449 g/mol. The summed E-state index contributed by atoms with van der Waals surface area (Å²) >= 11 is 0. The second-order valence-electron chi connectivity index (χ2n) is 8.53. The molecule has 3 rings (SSSR count). The van der Waals surface area contributed by atoms with Gasteiger partial charge in [0.1, 0.15) is 0 Å². The van der Waals surface area contributed by atoms with Crippen molar-refractivity contribution in [1.29, 1.82) is 0 Å². The number of carbonyl (C=O) groups is 2. The second-order valence-corrected chi connectivity index (χ2v) is 8.53. The molecule has 1 aromatic rings. The van der Waals surface area contributed by atoms with E-state index in [1.807, 2.05) is 17.0 Å². The summed E-state index contributed by atoms with van der Waals surface area (Å²) in [5, 5.41) is 3.02. The number of carbonyl (C=O) groups excluding carboxylic acids is 2. The number of benzene rings is 1. The fourth-order valence-corrected chi connectivity index (χ4v) is 4.89. The van der Waals surface area contributed by atoms with Crippen LogP contribution in [0.5, 0.6) is 17.2 Å². The van der Waals surface area contributed by atoms with Gasteiger partial charge in [-0.05, 0) is 37.0 Å². The summed E-state index contributed by atoms with van der Waals surface area (Å²) in [5.74, 6) is 1.32. The lowest BCUT2D eigenvalue weighted by atomic mass is 9.88. The standard InChI is InChI=1S/C24H36N2O6/c1-29-11-7-10-25-23(27)19-15-26(24(28)16-8-5-6-9-16)14-18(19)17-12-20(30-2)22(32-4)21(13-17)31-3/h12-13,16,18-19H,5-11,14-15H2,1-4H3,(H,25,27). The number of methoxy groups -OCH3 is 4. The summed E-state index contributed by atoms with van der Waals surface area (Å²) in [6, 6.07) is 3.78. The molecule has 0 spiro atoms. The summed E-state index contributed by atoms with van der Waals surface area (Å²) in [6.45, 7) is 2.06. The van der Waals surface area contributed by atoms with Crippen molar-refractivity contribution >= 4 is 11.8 Å². The minimum atomic E-state index is -0.342. The molecule has 178 valence electrons. The number of hydrogen-bond donors (Lipinski definition) is 1. The molecule has 1 saturated heterocycles. The largest absolute Gasteiger partial charge is 0.493 e. The molecular weight excluding hydrogens is 412 g/mol. The number of nitrogens with zero attached hydrogens (tertiary/aromatic N) is 1. The average Bonchev–Trinajstić information content (AvgIpc) is 3.51. The molecule has 2 unspecified atom stereocenters. The lowest BCUT2D eigenvalue weighted by molar-refractivity contribution is -0.134. The van der Waals surface area contributed by atoms with Gasteiger partial charge in [-0.25, -0.2) is 0 Å². The van der Waals surface area contributed by atoms with Crippen molar-refractivity contribution in [2.45, 2.75) is 38.0 Å². The first-order valence-corrected chi connectivity index (χ1v) is 11.4. The van der Waals surface area contributed by atoms with E-state index in [2.05, 4.69) is 5.32 Å². The predicted molar refractivity (Wildman–Crippen MR) is 120 cm³/mol. The van der Waals surface area contributed by atoms with Crippen molar-refractivity contribution in [3.63, 3.8) is 0 Å². The van der Waals surface area contributed by atoms with E-state index in [0.717, 1.165) is 37.7 Å². The third kappa shape index (κ3) is 5.28. The first-order valence-electron chi connectivity index (χ1n) is 11.4. The molecule has 1 aliphatic carbocycles. The van der Waals surface area contributed by atoms with Gasteiger partial charge in [0.15, 0.2) is 11.5 Å². The summed E-state index contributed by atoms with van der Waals surface area (Å²) in [4.78, 5) is 28.2. The minimum Gasteiger partial charge on any atom is -0.493 e. The summed E-state index contributed by atoms with van der Waals surface area (Å²) < 4.78 is 21.6. The summed E-state index contributed by atoms with van der Waals surface area (Å²) in [7, 11) is 6.36. The Bertz CT molecular complexity index is 768. The van der Waals surface area contributed by atoms with Crippen molar-refractivity contribution in [3.05, 3.63) is 17.7 Å². The lowest BCUT2D eigenvalue weighted by Crippen LogP contribution is -2.37. The smallest absolute Gasteiger partial charge is 0.225 e. The van der Waals surface area contributed by atoms with Gasteiger partial charge in [-0.1, -0.05) is 12.8 Å². The third-order valence-electron chi connectivity index (χ3n) is 6.61. The van der Waals surface area contributed by atoms with Gasteiger partial charge in [-0.3, -0.25) is 9.59 Å². The van der Waals surface area contributed by atoms with E-state index >= 15 is 0 Å². The van der Waals surface area contributed by atoms with Crippen LogP contribution in [0.2, 0.25) is 0 Å². The van der Waals surface area contributed by atoms with Crippen LogP contribution in [0.1, 0.15) is 43.6 Å². The number of hydrogen-bond acceptors (Lipinski definition) is 6. The molecule has 0 bridgehead atoms. The SMILES string of the molecule is COCCCNC(=O)C1CN(C(=O)C2CCCC2)CC1c1cc(OC)c(OC)c(OC)c1. The van der Waals surface area contributed by atoms with Crippen molar-refractivity contribution in [2.24, 2.45) is 11.8 Å². The van der Waals surface area contributed by atoms with Gasteiger partial charge in [0.25, 0.3) is 0 Å². The molecule has 8 heteroatoms. The zero-order valence-corrected chi connectivity index (χ0v) is 19.6. The molecule has 2 aliphatic rings. The van der Waals surface area contributed by atoms with Crippen molar-refractivity contribution in [2.75, 3.05) is 54.7 Å². The molecule has 1 heterocycles. The van der Waals surface area contributed by atoms with E-state index in [-0.39, 0.29) is 29.6 Å². The highest BCUT2D eigenvalue weighted by atomic mass is 16.5. The molecule has 1 aliphatic heterocycles. The van der Waals surface area contributed by atoms with Crippen LogP contribution in [0.4, 0.5) is 0 Å².